The number of likely N-dealkylation sites (tertiary alicyclic amines) is 1. The Bertz CT molecular complexity index is 488. The first-order chi connectivity index (χ1) is 10.1. The third-order valence-corrected chi connectivity index (χ3v) is 3.64. The molecule has 1 atom stereocenters. The smallest absolute Gasteiger partial charge is 0.249 e. The molecule has 1 fully saturated rings. The molecule has 1 saturated heterocycles. The number of rotatable bonds is 5. The van der Waals surface area contributed by atoms with E-state index in [4.69, 9.17) is 4.74 Å². The van der Waals surface area contributed by atoms with Gasteiger partial charge in [-0.1, -0.05) is 30.3 Å². The van der Waals surface area contributed by atoms with Crippen molar-refractivity contribution in [1.29, 1.82) is 0 Å². The van der Waals surface area contributed by atoms with Crippen LogP contribution in [0.25, 0.3) is 0 Å². The van der Waals surface area contributed by atoms with Crippen LogP contribution in [0.3, 0.4) is 0 Å². The molecule has 1 aromatic carbocycles. The Morgan fingerprint density at radius 1 is 1.29 bits per heavy atom. The van der Waals surface area contributed by atoms with E-state index in [2.05, 4.69) is 0 Å². The maximum atomic E-state index is 12.2. The summed E-state index contributed by atoms with van der Waals surface area (Å²) in [6, 6.07) is 9.40. The second-order valence-electron chi connectivity index (χ2n) is 5.46. The zero-order chi connectivity index (χ0) is 15.2. The zero-order valence-corrected chi connectivity index (χ0v) is 12.6. The van der Waals surface area contributed by atoms with Gasteiger partial charge in [-0.3, -0.25) is 9.59 Å². The lowest BCUT2D eigenvalue weighted by Gasteiger charge is -2.26. The number of ether oxygens (including phenoxy) is 1. The van der Waals surface area contributed by atoms with Crippen molar-refractivity contribution in [3.63, 3.8) is 0 Å². The first-order valence-corrected chi connectivity index (χ1v) is 7.22. The number of likely N-dealkylation sites (N-methyl/N-ethyl adjacent to an activating group) is 1. The zero-order valence-electron chi connectivity index (χ0n) is 12.6. The van der Waals surface area contributed by atoms with Crippen LogP contribution in [0.4, 0.5) is 0 Å². The number of carbonyl (C=O) groups is 2. The first-order valence-electron chi connectivity index (χ1n) is 7.22. The highest BCUT2D eigenvalue weighted by atomic mass is 16.5. The van der Waals surface area contributed by atoms with Crippen molar-refractivity contribution < 1.29 is 14.3 Å². The molecule has 0 spiro atoms. The van der Waals surface area contributed by atoms with E-state index in [1.54, 1.807) is 23.9 Å². The van der Waals surface area contributed by atoms with Gasteiger partial charge in [-0.05, 0) is 18.4 Å². The van der Waals surface area contributed by atoms with Crippen LogP contribution < -0.4 is 0 Å². The topological polar surface area (TPSA) is 49.9 Å². The second-order valence-corrected chi connectivity index (χ2v) is 5.46. The minimum absolute atomic E-state index is 0.0103. The molecular weight excluding hydrogens is 268 g/mol. The lowest BCUT2D eigenvalue weighted by Crippen LogP contribution is -2.46. The molecule has 1 aliphatic rings. The molecule has 2 rings (SSSR count). The van der Waals surface area contributed by atoms with E-state index in [1.165, 1.54) is 0 Å². The normalized spacial score (nSPS) is 17.8. The molecule has 1 heterocycles. The number of benzene rings is 1. The van der Waals surface area contributed by atoms with Gasteiger partial charge in [0.2, 0.25) is 11.8 Å². The quantitative estimate of drug-likeness (QED) is 0.821. The molecule has 0 saturated carbocycles. The minimum Gasteiger partial charge on any atom is -0.367 e. The summed E-state index contributed by atoms with van der Waals surface area (Å²) in [7, 11) is 3.43. The maximum Gasteiger partial charge on any atom is 0.249 e. The number of hydrogen-bond acceptors (Lipinski definition) is 3. The highest BCUT2D eigenvalue weighted by Gasteiger charge is 2.34. The number of amides is 2. The van der Waals surface area contributed by atoms with Gasteiger partial charge in [-0.2, -0.15) is 0 Å². The van der Waals surface area contributed by atoms with Gasteiger partial charge in [0.25, 0.3) is 0 Å². The molecule has 0 N–H and O–H groups in total. The lowest BCUT2D eigenvalue weighted by atomic mass is 10.2. The van der Waals surface area contributed by atoms with Gasteiger partial charge in [0, 0.05) is 20.6 Å². The summed E-state index contributed by atoms with van der Waals surface area (Å²) in [6.45, 7) is 1.07. The molecule has 1 aliphatic heterocycles. The molecule has 0 unspecified atom stereocenters. The van der Waals surface area contributed by atoms with E-state index < -0.39 is 0 Å². The number of hydrogen-bond donors (Lipinski definition) is 0. The van der Waals surface area contributed by atoms with Crippen LogP contribution in [0.2, 0.25) is 0 Å². The van der Waals surface area contributed by atoms with Gasteiger partial charge in [0.1, 0.15) is 12.6 Å². The average molecular weight is 290 g/mol. The van der Waals surface area contributed by atoms with E-state index >= 15 is 0 Å². The Morgan fingerprint density at radius 2 is 2.00 bits per heavy atom. The molecule has 0 radical (unpaired) electrons. The molecule has 2 amide bonds. The minimum atomic E-state index is -0.326. The molecule has 114 valence electrons. The summed E-state index contributed by atoms with van der Waals surface area (Å²) in [5.74, 6) is -0.118. The van der Waals surface area contributed by atoms with E-state index in [9.17, 15) is 9.59 Å². The van der Waals surface area contributed by atoms with E-state index in [0.29, 0.717) is 13.2 Å². The Hall–Kier alpha value is -1.88. The van der Waals surface area contributed by atoms with Crippen LogP contribution in [0.1, 0.15) is 18.4 Å². The van der Waals surface area contributed by atoms with Gasteiger partial charge in [0.05, 0.1) is 6.61 Å². The van der Waals surface area contributed by atoms with Gasteiger partial charge in [-0.25, -0.2) is 0 Å². The van der Waals surface area contributed by atoms with Crippen molar-refractivity contribution in [3.8, 4) is 0 Å². The van der Waals surface area contributed by atoms with Crippen LogP contribution in [0.15, 0.2) is 30.3 Å². The summed E-state index contributed by atoms with van der Waals surface area (Å²) < 4.78 is 5.47. The summed E-state index contributed by atoms with van der Waals surface area (Å²) in [4.78, 5) is 27.4. The van der Waals surface area contributed by atoms with Crippen molar-refractivity contribution in [2.45, 2.75) is 25.5 Å². The van der Waals surface area contributed by atoms with Crippen LogP contribution in [-0.2, 0) is 20.9 Å². The first kappa shape index (κ1) is 15.5. The second kappa shape index (κ2) is 7.22. The van der Waals surface area contributed by atoms with Crippen LogP contribution in [0, 0.1) is 0 Å². The molecule has 5 heteroatoms. The number of nitrogens with zero attached hydrogens (tertiary/aromatic N) is 2. The Kier molecular flexibility index (Phi) is 5.33. The van der Waals surface area contributed by atoms with Crippen molar-refractivity contribution in [2.24, 2.45) is 0 Å². The molecule has 1 aromatic rings. The third kappa shape index (κ3) is 4.04. The predicted molar refractivity (Wildman–Crippen MR) is 79.5 cm³/mol. The van der Waals surface area contributed by atoms with Gasteiger partial charge in [-0.15, -0.1) is 0 Å². The third-order valence-electron chi connectivity index (χ3n) is 3.64. The van der Waals surface area contributed by atoms with Crippen LogP contribution >= 0.6 is 0 Å². The van der Waals surface area contributed by atoms with Crippen molar-refractivity contribution in [3.05, 3.63) is 35.9 Å². The fourth-order valence-electron chi connectivity index (χ4n) is 2.53. The summed E-state index contributed by atoms with van der Waals surface area (Å²) in [6.07, 6.45) is 1.61. The highest BCUT2D eigenvalue weighted by Crippen LogP contribution is 2.19. The Balaban J connectivity index is 1.83. The van der Waals surface area contributed by atoms with Crippen molar-refractivity contribution in [2.75, 3.05) is 27.2 Å². The summed E-state index contributed by atoms with van der Waals surface area (Å²) in [5, 5.41) is 0. The lowest BCUT2D eigenvalue weighted by molar-refractivity contribution is -0.145. The summed E-state index contributed by atoms with van der Waals surface area (Å²) in [5.41, 5.74) is 1.03. The molecule has 5 nitrogen and oxygen atoms in total. The SMILES string of the molecule is CN(C)C(=O)[C@H]1CCCN1C(=O)COCc1ccccc1. The monoisotopic (exact) mass is 290 g/mol. The van der Waals surface area contributed by atoms with Gasteiger partial charge < -0.3 is 14.5 Å². The Labute approximate surface area is 125 Å². The molecule has 0 bridgehead atoms. The van der Waals surface area contributed by atoms with Crippen molar-refractivity contribution >= 4 is 11.8 Å². The molecule has 21 heavy (non-hydrogen) atoms. The largest absolute Gasteiger partial charge is 0.367 e. The molecular formula is C16H22N2O3. The maximum absolute atomic E-state index is 12.2. The Morgan fingerprint density at radius 3 is 2.67 bits per heavy atom. The van der Waals surface area contributed by atoms with E-state index in [-0.39, 0.29) is 24.5 Å². The van der Waals surface area contributed by atoms with E-state index in [0.717, 1.165) is 18.4 Å². The van der Waals surface area contributed by atoms with Gasteiger partial charge >= 0.3 is 0 Å². The van der Waals surface area contributed by atoms with E-state index in [1.807, 2.05) is 30.3 Å². The standard InChI is InChI=1S/C16H22N2O3/c1-17(2)16(20)14-9-6-10-18(14)15(19)12-21-11-13-7-4-3-5-8-13/h3-5,7-8,14H,6,9-12H2,1-2H3/t14-/m1/s1. The predicted octanol–water partition coefficient (Wildman–Crippen LogP) is 1.28. The molecule has 0 aromatic heterocycles. The fourth-order valence-corrected chi connectivity index (χ4v) is 2.53. The fraction of sp³-hybridized carbons (Fsp3) is 0.500. The van der Waals surface area contributed by atoms with Gasteiger partial charge in [0.15, 0.2) is 0 Å². The highest BCUT2D eigenvalue weighted by molar-refractivity contribution is 5.88. The van der Waals surface area contributed by atoms with Crippen LogP contribution in [0.5, 0.6) is 0 Å². The van der Waals surface area contributed by atoms with Crippen molar-refractivity contribution in [1.82, 2.24) is 9.80 Å². The molecule has 0 aliphatic carbocycles. The number of carbonyl (C=O) groups excluding carboxylic acids is 2. The summed E-state index contributed by atoms with van der Waals surface area (Å²) >= 11 is 0. The van der Waals surface area contributed by atoms with Crippen LogP contribution in [-0.4, -0.2) is 54.9 Å². The average Bonchev–Trinajstić information content (AvgIpc) is 2.96.